The van der Waals surface area contributed by atoms with Crippen molar-refractivity contribution in [2.45, 2.75) is 153 Å². The fourth-order valence-electron chi connectivity index (χ4n) is 22.0. The van der Waals surface area contributed by atoms with E-state index in [0.29, 0.717) is 49.9 Å². The highest BCUT2D eigenvalue weighted by Crippen LogP contribution is 2.84. The first kappa shape index (κ1) is 51.3. The molecule has 15 atom stereocenters. The molecule has 80 heavy (non-hydrogen) atoms. The van der Waals surface area contributed by atoms with Gasteiger partial charge in [-0.15, -0.1) is 11.8 Å². The van der Waals surface area contributed by atoms with Crippen molar-refractivity contribution in [1.82, 2.24) is 10.6 Å². The molecule has 4 saturated carbocycles. The van der Waals surface area contributed by atoms with Crippen LogP contribution in [0.1, 0.15) is 152 Å². The molecule has 0 aromatic heterocycles. The molecule has 10 aliphatic carbocycles. The van der Waals surface area contributed by atoms with Crippen LogP contribution in [-0.4, -0.2) is 46.6 Å². The number of aliphatic hydroxyl groups excluding tert-OH is 2. The van der Waals surface area contributed by atoms with E-state index in [2.05, 4.69) is 145 Å². The van der Waals surface area contributed by atoms with Gasteiger partial charge in [-0.05, 0) is 181 Å². The third kappa shape index (κ3) is 7.46. The number of carboxylic acid groups (broad SMARTS) is 1. The lowest BCUT2D eigenvalue weighted by molar-refractivity contribution is -0.177. The molecule has 3 aromatic rings. The Morgan fingerprint density at radius 2 is 1.73 bits per heavy atom. The first-order valence-electron chi connectivity index (χ1n) is 31.7. The molecule has 6 aliphatic heterocycles. The summed E-state index contributed by atoms with van der Waals surface area (Å²) >= 11 is 0. The molecule has 16 aliphatic rings. The number of benzene rings is 3. The second-order valence-electron chi connectivity index (χ2n) is 28.2. The average Bonchev–Trinajstić information content (AvgIpc) is 3.19. The number of fused-ring (bicyclic) bond motifs is 1. The molecule has 4 fully saturated rings. The summed E-state index contributed by atoms with van der Waals surface area (Å²) < 4.78 is 0. The topological polar surface area (TPSA) is 102 Å². The molecule has 414 valence electrons. The van der Waals surface area contributed by atoms with Crippen LogP contribution in [0, 0.1) is 86.3 Å². The Hall–Kier alpha value is -5.61. The second-order valence-corrected chi connectivity index (χ2v) is 28.2. The van der Waals surface area contributed by atoms with Gasteiger partial charge in [-0.3, -0.25) is 4.79 Å². The molecule has 6 nitrogen and oxygen atoms in total. The van der Waals surface area contributed by atoms with Gasteiger partial charge in [0, 0.05) is 65.3 Å². The number of dihydropyridines is 1. The minimum Gasteiger partial charge on any atom is -0.481 e. The molecule has 6 heterocycles. The Morgan fingerprint density at radius 3 is 2.56 bits per heavy atom. The maximum atomic E-state index is 14.4. The number of nitrogens with one attached hydrogen (secondary N) is 2. The lowest BCUT2D eigenvalue weighted by atomic mass is 9.29. The van der Waals surface area contributed by atoms with Gasteiger partial charge in [0.25, 0.3) is 0 Å². The predicted octanol–water partition coefficient (Wildman–Crippen LogP) is 12.7. The van der Waals surface area contributed by atoms with Crippen molar-refractivity contribution in [2.75, 3.05) is 13.1 Å². The van der Waals surface area contributed by atoms with Crippen LogP contribution >= 0.6 is 0 Å². The van der Waals surface area contributed by atoms with Crippen LogP contribution < -0.4 is 21.1 Å². The third-order valence-corrected chi connectivity index (χ3v) is 24.9. The number of carbonyl (C=O) groups is 1. The lowest BCUT2D eigenvalue weighted by Gasteiger charge is -2.74. The van der Waals surface area contributed by atoms with Crippen LogP contribution in [0.5, 0.6) is 0 Å². The van der Waals surface area contributed by atoms with Crippen LogP contribution in [-0.2, 0) is 11.2 Å². The Balaban J connectivity index is 0.960. The summed E-state index contributed by atoms with van der Waals surface area (Å²) in [4.78, 5) is 14.4. The molecule has 0 saturated heterocycles. The van der Waals surface area contributed by atoms with Gasteiger partial charge in [0.15, 0.2) is 0 Å². The van der Waals surface area contributed by atoms with Gasteiger partial charge >= 0.3 is 5.97 Å². The summed E-state index contributed by atoms with van der Waals surface area (Å²) in [5.74, 6) is 8.82. The quantitative estimate of drug-likeness (QED) is 0.132. The van der Waals surface area contributed by atoms with Crippen molar-refractivity contribution in [1.29, 1.82) is 0 Å². The Bertz CT molecular complexity index is 3420. The molecule has 1 unspecified atom stereocenters. The number of hydrogen-bond donors (Lipinski definition) is 5. The fraction of sp³-hybridized carbons (Fsp3) is 0.527. The van der Waals surface area contributed by atoms with E-state index in [4.69, 9.17) is 6.58 Å². The lowest BCUT2D eigenvalue weighted by Crippen LogP contribution is -2.69. The number of hydrogen-bond acceptors (Lipinski definition) is 5. The summed E-state index contributed by atoms with van der Waals surface area (Å²) in [5.41, 5.74) is 10.6. The largest absolute Gasteiger partial charge is 0.481 e. The van der Waals surface area contributed by atoms with Crippen LogP contribution in [0.3, 0.4) is 0 Å². The highest BCUT2D eigenvalue weighted by atomic mass is 16.4. The summed E-state index contributed by atoms with van der Waals surface area (Å²) in [5, 5.41) is 48.4. The minimum atomic E-state index is -0.743. The van der Waals surface area contributed by atoms with E-state index < -0.39 is 45.8 Å². The normalized spacial score (nSPS) is 40.4. The first-order chi connectivity index (χ1) is 39.0. The van der Waals surface area contributed by atoms with Crippen LogP contribution in [0.15, 0.2) is 144 Å². The second kappa shape index (κ2) is 19.2. The van der Waals surface area contributed by atoms with Crippen molar-refractivity contribution in [3.63, 3.8) is 0 Å². The summed E-state index contributed by atoms with van der Waals surface area (Å²) in [6.07, 6.45) is 32.6. The zero-order valence-electron chi connectivity index (χ0n) is 47.3. The van der Waals surface area contributed by atoms with E-state index in [9.17, 15) is 20.1 Å². The van der Waals surface area contributed by atoms with Gasteiger partial charge < -0.3 is 26.0 Å². The average molecular weight is 1070 g/mol. The van der Waals surface area contributed by atoms with Crippen molar-refractivity contribution in [3.8, 4) is 11.8 Å². The van der Waals surface area contributed by atoms with Gasteiger partial charge in [0.1, 0.15) is 0 Å². The highest BCUT2D eigenvalue weighted by Gasteiger charge is 2.78. The molecular formula is C74H84N2O4. The smallest absolute Gasteiger partial charge is 0.306 e. The molecule has 3 aromatic carbocycles. The third-order valence-electron chi connectivity index (χ3n) is 24.9. The van der Waals surface area contributed by atoms with Crippen molar-refractivity contribution >= 4 is 23.2 Å². The van der Waals surface area contributed by atoms with E-state index in [0.717, 1.165) is 83.1 Å². The SMILES string of the molecule is C=C1CC[C@@H](C(=O)O)[C@H]2[C@H](O)C[C@@]34C[C@H](Cc5ccccc5)C[C@@H](CC5=C3C[C@@]36C=CC[C@]78CC#CC[C@H](C9=c%10ccccc%10=C[C@H](C9=C3)[C@]5(CC[C@@H]7O)C68)c3cccc(c3)C3=CC=C(NCCC[C@H]1C1CCCCC1)NC3)[C@]24C. The van der Waals surface area contributed by atoms with Gasteiger partial charge in [-0.2, -0.15) is 0 Å². The first-order valence-corrected chi connectivity index (χ1v) is 31.7. The van der Waals surface area contributed by atoms with Crippen molar-refractivity contribution in [2.24, 2.45) is 74.4 Å². The standard InChI is InChI=1S/C74H84N2O4/c1-46-26-28-58(68(79)80)67-63(77)44-73-41-48(36-47-16-5-3-6-17-47)37-54(70(67,73)2)40-61-62(73)43-71-31-15-33-72-32-12-11-24-56(66-57-23-10-9-20-52(57)39-60(59(66)42-71)74(61,69(71)72)34-30-64(72)78)51-22-13-21-50(38-51)53-27-29-65(76-45-53)75-35-14-25-55(46)49-18-7-4-8-19-49/h3,5-6,9-10,13,15-17,20-23,27,29,31,38-39,42,48-49,54-56,58,60,63-64,67,69,75-78H,1,4,7-8,14,18-19,24-26,28,30,32-37,40-41,43-45H2,2H3,(H,79,80)/t48-,54+,55-,56+,58-,60-,63-,64+,67+,69?,70-,71-,72-,73+,74+/m1/s1. The monoisotopic (exact) mass is 1060 g/mol. The van der Waals surface area contributed by atoms with Gasteiger partial charge in [0.05, 0.1) is 23.9 Å². The van der Waals surface area contributed by atoms with Crippen LogP contribution in [0.25, 0.3) is 17.2 Å². The zero-order chi connectivity index (χ0) is 54.2. The predicted molar refractivity (Wildman–Crippen MR) is 319 cm³/mol. The van der Waals surface area contributed by atoms with Crippen LogP contribution in [0.2, 0.25) is 0 Å². The number of aliphatic carboxylic acids is 1. The molecule has 2 spiro atoms. The fourth-order valence-corrected chi connectivity index (χ4v) is 22.0. The number of allylic oxidation sites excluding steroid dienone is 9. The molecule has 0 amide bonds. The summed E-state index contributed by atoms with van der Waals surface area (Å²) in [6.45, 7) is 9.02. The molecule has 6 heteroatoms. The van der Waals surface area contributed by atoms with Gasteiger partial charge in [-0.1, -0.05) is 159 Å². The summed E-state index contributed by atoms with van der Waals surface area (Å²) in [7, 11) is 0. The molecule has 0 radical (unpaired) electrons. The molecular weight excluding hydrogens is 981 g/mol. The van der Waals surface area contributed by atoms with Gasteiger partial charge in [0.2, 0.25) is 0 Å². The van der Waals surface area contributed by atoms with Crippen LogP contribution in [0.4, 0.5) is 0 Å². The highest BCUT2D eigenvalue weighted by molar-refractivity contribution is 5.80. The van der Waals surface area contributed by atoms with E-state index >= 15 is 0 Å². The number of aliphatic hydroxyl groups is 2. The maximum absolute atomic E-state index is 14.4. The van der Waals surface area contributed by atoms with Crippen molar-refractivity contribution < 1.29 is 20.1 Å². The molecule has 18 bridgehead atoms. The zero-order valence-corrected chi connectivity index (χ0v) is 47.3. The summed E-state index contributed by atoms with van der Waals surface area (Å²) in [6, 6.07) is 29.7. The van der Waals surface area contributed by atoms with E-state index in [1.165, 1.54) is 81.5 Å². The maximum Gasteiger partial charge on any atom is 0.306 e. The molecule has 5 N–H and O–H groups in total. The van der Waals surface area contributed by atoms with Crippen molar-refractivity contribution in [3.05, 3.63) is 171 Å². The minimum absolute atomic E-state index is 0.0239. The Labute approximate surface area is 475 Å². The Kier molecular flexibility index (Phi) is 12.3. The van der Waals surface area contributed by atoms with E-state index in [-0.39, 0.29) is 35.0 Å². The van der Waals surface area contributed by atoms with E-state index in [1.54, 1.807) is 11.1 Å². The number of rotatable bonds is 4. The number of carboxylic acids is 1. The van der Waals surface area contributed by atoms with E-state index in [1.807, 2.05) is 0 Å². The van der Waals surface area contributed by atoms with Gasteiger partial charge in [-0.25, -0.2) is 0 Å². The molecule has 19 rings (SSSR count). The Morgan fingerprint density at radius 1 is 0.875 bits per heavy atom.